The van der Waals surface area contributed by atoms with Gasteiger partial charge in [-0.3, -0.25) is 9.89 Å². The number of hydrazone groups is 1. The molecular formula is C16H14ClN5O. The third-order valence-corrected chi connectivity index (χ3v) is 3.51. The molecule has 7 heteroatoms. The molecule has 0 unspecified atom stereocenters. The third-order valence-electron chi connectivity index (χ3n) is 3.27. The van der Waals surface area contributed by atoms with Crippen LogP contribution in [-0.2, 0) is 11.2 Å². The van der Waals surface area contributed by atoms with Crippen LogP contribution in [0.5, 0.6) is 0 Å². The van der Waals surface area contributed by atoms with Crippen LogP contribution >= 0.6 is 11.6 Å². The summed E-state index contributed by atoms with van der Waals surface area (Å²) in [6, 6.07) is 12.7. The first-order valence-corrected chi connectivity index (χ1v) is 7.29. The fourth-order valence-electron chi connectivity index (χ4n) is 2.18. The fraction of sp³-hybridized carbons (Fsp3) is 0.0625. The Bertz CT molecular complexity index is 887. The Hall–Kier alpha value is -2.86. The first-order chi connectivity index (χ1) is 11.1. The van der Waals surface area contributed by atoms with Crippen LogP contribution in [0.25, 0.3) is 10.9 Å². The van der Waals surface area contributed by atoms with Crippen LogP contribution in [0.2, 0.25) is 5.02 Å². The molecule has 6 nitrogen and oxygen atoms in total. The molecule has 0 spiro atoms. The highest BCUT2D eigenvalue weighted by Gasteiger charge is 2.03. The number of benzene rings is 2. The molecule has 1 heterocycles. The van der Waals surface area contributed by atoms with Crippen LogP contribution in [0.3, 0.4) is 0 Å². The number of carbonyl (C=O) groups excluding carboxylic acids is 1. The van der Waals surface area contributed by atoms with Crippen molar-refractivity contribution in [1.82, 2.24) is 15.6 Å². The topological polar surface area (TPSA) is 96.2 Å². The van der Waals surface area contributed by atoms with Crippen molar-refractivity contribution in [2.24, 2.45) is 5.10 Å². The van der Waals surface area contributed by atoms with Crippen molar-refractivity contribution in [1.29, 1.82) is 0 Å². The molecule has 0 atom stereocenters. The number of aromatic amines is 1. The van der Waals surface area contributed by atoms with E-state index in [0.717, 1.165) is 22.0 Å². The first kappa shape index (κ1) is 15.1. The molecule has 3 rings (SSSR count). The summed E-state index contributed by atoms with van der Waals surface area (Å²) in [6.45, 7) is 0. The maximum Gasteiger partial charge on any atom is 0.244 e. The normalized spacial score (nSPS) is 11.2. The number of fused-ring (bicyclic) bond motifs is 1. The number of rotatable bonds is 4. The molecule has 0 radical (unpaired) electrons. The second-order valence-corrected chi connectivity index (χ2v) is 5.45. The zero-order valence-electron chi connectivity index (χ0n) is 12.1. The molecule has 0 bridgehead atoms. The van der Waals surface area contributed by atoms with E-state index < -0.39 is 0 Å². The molecular weight excluding hydrogens is 314 g/mol. The van der Waals surface area contributed by atoms with Crippen molar-refractivity contribution in [2.45, 2.75) is 6.42 Å². The number of anilines is 1. The van der Waals surface area contributed by atoms with Gasteiger partial charge in [-0.15, -0.1) is 0 Å². The molecule has 116 valence electrons. The summed E-state index contributed by atoms with van der Waals surface area (Å²) < 4.78 is 0. The number of H-pyrrole nitrogens is 1. The maximum absolute atomic E-state index is 11.8. The largest absolute Gasteiger partial charge is 0.382 e. The number of nitrogen functional groups attached to an aromatic ring is 1. The molecule has 0 aliphatic heterocycles. The van der Waals surface area contributed by atoms with Crippen LogP contribution in [0.15, 0.2) is 47.6 Å². The van der Waals surface area contributed by atoms with E-state index in [4.69, 9.17) is 17.3 Å². The minimum Gasteiger partial charge on any atom is -0.382 e. The molecule has 0 saturated carbocycles. The van der Waals surface area contributed by atoms with E-state index in [-0.39, 0.29) is 12.3 Å². The van der Waals surface area contributed by atoms with Gasteiger partial charge in [-0.2, -0.15) is 10.2 Å². The van der Waals surface area contributed by atoms with Gasteiger partial charge in [0.15, 0.2) is 5.82 Å². The van der Waals surface area contributed by atoms with E-state index in [1.807, 2.05) is 24.3 Å². The van der Waals surface area contributed by atoms with Gasteiger partial charge in [0, 0.05) is 10.4 Å². The molecule has 0 aliphatic carbocycles. The van der Waals surface area contributed by atoms with Gasteiger partial charge >= 0.3 is 0 Å². The summed E-state index contributed by atoms with van der Waals surface area (Å²) in [5.74, 6) is 0.215. The Morgan fingerprint density at radius 3 is 3.04 bits per heavy atom. The summed E-state index contributed by atoms with van der Waals surface area (Å²) in [7, 11) is 0. The molecule has 1 amide bonds. The summed E-state index contributed by atoms with van der Waals surface area (Å²) in [4.78, 5) is 11.8. The highest BCUT2D eigenvalue weighted by Crippen LogP contribution is 2.18. The number of amides is 1. The zero-order chi connectivity index (χ0) is 16.2. The van der Waals surface area contributed by atoms with Gasteiger partial charge in [-0.05, 0) is 35.4 Å². The van der Waals surface area contributed by atoms with Gasteiger partial charge in [-0.25, -0.2) is 5.43 Å². The van der Waals surface area contributed by atoms with E-state index >= 15 is 0 Å². The van der Waals surface area contributed by atoms with E-state index in [1.54, 1.807) is 24.4 Å². The van der Waals surface area contributed by atoms with Crippen molar-refractivity contribution in [3.8, 4) is 0 Å². The lowest BCUT2D eigenvalue weighted by atomic mass is 10.1. The Morgan fingerprint density at radius 1 is 1.35 bits per heavy atom. The number of nitrogens with one attached hydrogen (secondary N) is 2. The van der Waals surface area contributed by atoms with Crippen molar-refractivity contribution < 1.29 is 4.79 Å². The van der Waals surface area contributed by atoms with Crippen molar-refractivity contribution in [2.75, 3.05) is 5.73 Å². The fourth-order valence-corrected chi connectivity index (χ4v) is 2.40. The molecule has 0 fully saturated rings. The number of hydrogen-bond acceptors (Lipinski definition) is 4. The van der Waals surface area contributed by atoms with Crippen LogP contribution in [0.1, 0.15) is 11.1 Å². The van der Waals surface area contributed by atoms with E-state index in [1.165, 1.54) is 0 Å². The molecule has 3 aromatic rings. The highest BCUT2D eigenvalue weighted by atomic mass is 35.5. The van der Waals surface area contributed by atoms with Gasteiger partial charge in [0.1, 0.15) is 0 Å². The lowest BCUT2D eigenvalue weighted by Gasteiger charge is -2.01. The van der Waals surface area contributed by atoms with Gasteiger partial charge in [0.2, 0.25) is 5.91 Å². The Balaban J connectivity index is 1.63. The van der Waals surface area contributed by atoms with E-state index in [0.29, 0.717) is 10.8 Å². The second kappa shape index (κ2) is 6.50. The molecule has 0 aliphatic rings. The van der Waals surface area contributed by atoms with Crippen LogP contribution < -0.4 is 11.2 Å². The summed E-state index contributed by atoms with van der Waals surface area (Å²) >= 11 is 5.88. The second-order valence-electron chi connectivity index (χ2n) is 5.01. The number of hydrogen-bond donors (Lipinski definition) is 3. The Kier molecular flexibility index (Phi) is 4.25. The molecule has 23 heavy (non-hydrogen) atoms. The Labute approximate surface area is 137 Å². The summed E-state index contributed by atoms with van der Waals surface area (Å²) in [5, 5.41) is 12.1. The minimum absolute atomic E-state index is 0.214. The quantitative estimate of drug-likeness (QED) is 0.507. The van der Waals surface area contributed by atoms with E-state index in [9.17, 15) is 4.79 Å². The first-order valence-electron chi connectivity index (χ1n) is 6.92. The third kappa shape index (κ3) is 3.67. The number of nitrogens with two attached hydrogens (primary N) is 1. The molecule has 0 saturated heterocycles. The predicted octanol–water partition coefficient (Wildman–Crippen LogP) is 2.49. The van der Waals surface area contributed by atoms with Crippen LogP contribution in [-0.4, -0.2) is 22.3 Å². The van der Waals surface area contributed by atoms with Crippen molar-refractivity contribution in [3.05, 3.63) is 58.6 Å². The predicted molar refractivity (Wildman–Crippen MR) is 91.4 cm³/mol. The average Bonchev–Trinajstić information content (AvgIpc) is 2.88. The SMILES string of the molecule is Nc1n[nH]c2ccc(/C=N/NC(=O)Cc3cccc(Cl)c3)cc12. The van der Waals surface area contributed by atoms with Gasteiger partial charge in [0.25, 0.3) is 0 Å². The minimum atomic E-state index is -0.215. The number of aromatic nitrogens is 2. The van der Waals surface area contributed by atoms with Crippen LogP contribution in [0, 0.1) is 0 Å². The monoisotopic (exact) mass is 327 g/mol. The lowest BCUT2D eigenvalue weighted by molar-refractivity contribution is -0.120. The lowest BCUT2D eigenvalue weighted by Crippen LogP contribution is -2.19. The zero-order valence-corrected chi connectivity index (χ0v) is 12.8. The maximum atomic E-state index is 11.8. The van der Waals surface area contributed by atoms with Crippen molar-refractivity contribution >= 4 is 40.4 Å². The molecule has 2 aromatic carbocycles. The van der Waals surface area contributed by atoms with Crippen molar-refractivity contribution in [3.63, 3.8) is 0 Å². The Morgan fingerprint density at radius 2 is 2.22 bits per heavy atom. The number of nitrogens with zero attached hydrogens (tertiary/aromatic N) is 2. The average molecular weight is 328 g/mol. The summed E-state index contributed by atoms with van der Waals surface area (Å²) in [6.07, 6.45) is 1.77. The molecule has 1 aromatic heterocycles. The molecule has 4 N–H and O–H groups in total. The number of halogens is 1. The number of carbonyl (C=O) groups is 1. The standard InChI is InChI=1S/C16H14ClN5O/c17-12-3-1-2-10(6-12)8-15(23)21-19-9-11-4-5-14-13(7-11)16(18)22-20-14/h1-7,9H,8H2,(H,21,23)(H3,18,20,22)/b19-9+. The van der Waals surface area contributed by atoms with Gasteiger partial charge in [-0.1, -0.05) is 29.8 Å². The smallest absolute Gasteiger partial charge is 0.244 e. The van der Waals surface area contributed by atoms with E-state index in [2.05, 4.69) is 20.7 Å². The van der Waals surface area contributed by atoms with Gasteiger partial charge < -0.3 is 5.73 Å². The highest BCUT2D eigenvalue weighted by molar-refractivity contribution is 6.30. The van der Waals surface area contributed by atoms with Gasteiger partial charge in [0.05, 0.1) is 18.2 Å². The van der Waals surface area contributed by atoms with Crippen LogP contribution in [0.4, 0.5) is 5.82 Å². The summed E-state index contributed by atoms with van der Waals surface area (Å²) in [5.41, 5.74) is 10.7.